The molecule has 148 valence electrons. The molecule has 1 aliphatic rings. The molecule has 2 aromatic carbocycles. The average Bonchev–Trinajstić information content (AvgIpc) is 3.14. The Hall–Kier alpha value is -2.98. The van der Waals surface area contributed by atoms with E-state index in [4.69, 9.17) is 0 Å². The van der Waals surface area contributed by atoms with Gasteiger partial charge >= 0.3 is 5.97 Å². The van der Waals surface area contributed by atoms with Crippen LogP contribution in [0.5, 0.6) is 0 Å². The van der Waals surface area contributed by atoms with Crippen LogP contribution < -0.4 is 5.32 Å². The number of fused-ring (bicyclic) bond motifs is 1. The van der Waals surface area contributed by atoms with Crippen LogP contribution in [0.3, 0.4) is 0 Å². The molecule has 2 N–H and O–H groups in total. The van der Waals surface area contributed by atoms with E-state index in [2.05, 4.69) is 66.6 Å². The number of aryl methyl sites for hydroxylation is 1. The molecule has 0 fully saturated rings. The number of carboxylic acids is 1. The number of hydrogen-bond donors (Lipinski definition) is 2. The molecule has 0 aliphatic carbocycles. The summed E-state index contributed by atoms with van der Waals surface area (Å²) in [6.45, 7) is 5.30. The van der Waals surface area contributed by atoms with Gasteiger partial charge in [-0.25, -0.2) is 4.79 Å². The summed E-state index contributed by atoms with van der Waals surface area (Å²) in [4.78, 5) is 15.5. The third-order valence-electron chi connectivity index (χ3n) is 5.79. The molecule has 0 saturated heterocycles. The summed E-state index contributed by atoms with van der Waals surface area (Å²) in [5, 5.41) is 13.0. The Kier molecular flexibility index (Phi) is 5.45. The molecule has 1 aromatic heterocycles. The van der Waals surface area contributed by atoms with Crippen LogP contribution in [-0.2, 0) is 13.0 Å². The van der Waals surface area contributed by atoms with Crippen LogP contribution >= 0.6 is 0 Å². The molecular weight excluding hydrogens is 360 g/mol. The summed E-state index contributed by atoms with van der Waals surface area (Å²) < 4.78 is 0. The van der Waals surface area contributed by atoms with Gasteiger partial charge in [0.25, 0.3) is 0 Å². The number of hydrogen-bond acceptors (Lipinski definition) is 3. The number of nitrogens with zero attached hydrogens (tertiary/aromatic N) is 1. The Morgan fingerprint density at radius 3 is 2.83 bits per heavy atom. The first-order chi connectivity index (χ1) is 14.0. The van der Waals surface area contributed by atoms with Crippen molar-refractivity contribution >= 4 is 5.97 Å². The van der Waals surface area contributed by atoms with Gasteiger partial charge in [-0.05, 0) is 64.3 Å². The molecular formula is C25H26N2O2. The molecule has 0 saturated carbocycles. The minimum atomic E-state index is -0.893. The number of rotatable bonds is 6. The van der Waals surface area contributed by atoms with Crippen LogP contribution in [0, 0.1) is 0 Å². The van der Waals surface area contributed by atoms with E-state index in [0.717, 1.165) is 18.5 Å². The number of nitrogens with one attached hydrogen (secondary N) is 1. The maximum atomic E-state index is 11.4. The second kappa shape index (κ2) is 8.18. The number of benzene rings is 2. The fourth-order valence-corrected chi connectivity index (χ4v) is 4.27. The summed E-state index contributed by atoms with van der Waals surface area (Å²) in [6.07, 6.45) is 4.74. The Labute approximate surface area is 171 Å². The zero-order chi connectivity index (χ0) is 20.4. The summed E-state index contributed by atoms with van der Waals surface area (Å²) in [6, 6.07) is 17.2. The summed E-state index contributed by atoms with van der Waals surface area (Å²) >= 11 is 0. The average molecular weight is 386 g/mol. The quantitative estimate of drug-likeness (QED) is 0.600. The van der Waals surface area contributed by atoms with Gasteiger partial charge in [0.2, 0.25) is 0 Å². The number of aromatic carboxylic acids is 1. The van der Waals surface area contributed by atoms with E-state index >= 15 is 0 Å². The van der Waals surface area contributed by atoms with E-state index in [9.17, 15) is 9.90 Å². The van der Waals surface area contributed by atoms with Crippen LogP contribution in [0.2, 0.25) is 0 Å². The van der Waals surface area contributed by atoms with Crippen molar-refractivity contribution in [3.8, 4) is 11.1 Å². The SMILES string of the molecule is CC(C)c1ccccc1-c1ccc2c(c1)CN[C@H]2CCc1cnccc1C(=O)O. The first-order valence-electron chi connectivity index (χ1n) is 10.2. The molecule has 4 heteroatoms. The Balaban J connectivity index is 1.55. The van der Waals surface area contributed by atoms with Gasteiger partial charge in [-0.3, -0.25) is 4.98 Å². The number of pyridine rings is 1. The van der Waals surface area contributed by atoms with E-state index in [1.165, 1.54) is 34.0 Å². The van der Waals surface area contributed by atoms with E-state index < -0.39 is 5.97 Å². The molecule has 0 unspecified atom stereocenters. The van der Waals surface area contributed by atoms with Gasteiger partial charge in [-0.1, -0.05) is 50.2 Å². The van der Waals surface area contributed by atoms with Crippen molar-refractivity contribution in [3.63, 3.8) is 0 Å². The fraction of sp³-hybridized carbons (Fsp3) is 0.280. The highest BCUT2D eigenvalue weighted by molar-refractivity contribution is 5.89. The number of carboxylic acid groups (broad SMARTS) is 1. The first-order valence-corrected chi connectivity index (χ1v) is 10.2. The molecule has 29 heavy (non-hydrogen) atoms. The lowest BCUT2D eigenvalue weighted by Crippen LogP contribution is -2.13. The van der Waals surface area contributed by atoms with Crippen molar-refractivity contribution in [3.05, 3.63) is 88.7 Å². The van der Waals surface area contributed by atoms with Crippen molar-refractivity contribution in [1.29, 1.82) is 0 Å². The lowest BCUT2D eigenvalue weighted by Gasteiger charge is -2.15. The minimum absolute atomic E-state index is 0.237. The fourth-order valence-electron chi connectivity index (χ4n) is 4.27. The predicted molar refractivity (Wildman–Crippen MR) is 115 cm³/mol. The van der Waals surface area contributed by atoms with Crippen molar-refractivity contribution in [2.45, 2.75) is 45.2 Å². The normalized spacial score (nSPS) is 15.5. The molecule has 1 aliphatic heterocycles. The van der Waals surface area contributed by atoms with Crippen LogP contribution in [0.1, 0.15) is 64.8 Å². The number of carbonyl (C=O) groups is 1. The van der Waals surface area contributed by atoms with Crippen molar-refractivity contribution in [1.82, 2.24) is 10.3 Å². The Morgan fingerprint density at radius 2 is 2.03 bits per heavy atom. The molecule has 1 atom stereocenters. The van der Waals surface area contributed by atoms with E-state index in [1.807, 2.05) is 0 Å². The van der Waals surface area contributed by atoms with Gasteiger partial charge in [-0.15, -0.1) is 0 Å². The van der Waals surface area contributed by atoms with Gasteiger partial charge in [0.05, 0.1) is 5.56 Å². The molecule has 0 bridgehead atoms. The molecule has 0 amide bonds. The topological polar surface area (TPSA) is 62.2 Å². The van der Waals surface area contributed by atoms with Gasteiger partial charge in [0, 0.05) is 25.0 Å². The predicted octanol–water partition coefficient (Wildman–Crippen LogP) is 5.35. The van der Waals surface area contributed by atoms with Gasteiger partial charge in [-0.2, -0.15) is 0 Å². The van der Waals surface area contributed by atoms with Crippen molar-refractivity contribution in [2.75, 3.05) is 0 Å². The second-order valence-corrected chi connectivity index (χ2v) is 7.97. The highest BCUT2D eigenvalue weighted by Crippen LogP contribution is 2.35. The zero-order valence-electron chi connectivity index (χ0n) is 16.9. The van der Waals surface area contributed by atoms with Gasteiger partial charge < -0.3 is 10.4 Å². The summed E-state index contributed by atoms with van der Waals surface area (Å²) in [5.41, 5.74) is 7.71. The third kappa shape index (κ3) is 3.94. The maximum absolute atomic E-state index is 11.4. The molecule has 4 nitrogen and oxygen atoms in total. The Morgan fingerprint density at radius 1 is 1.21 bits per heavy atom. The molecule has 4 rings (SSSR count). The smallest absolute Gasteiger partial charge is 0.336 e. The molecule has 3 aromatic rings. The first kappa shape index (κ1) is 19.3. The highest BCUT2D eigenvalue weighted by atomic mass is 16.4. The zero-order valence-corrected chi connectivity index (χ0v) is 16.9. The lowest BCUT2D eigenvalue weighted by molar-refractivity contribution is 0.0695. The van der Waals surface area contributed by atoms with E-state index in [0.29, 0.717) is 17.9 Å². The maximum Gasteiger partial charge on any atom is 0.336 e. The lowest BCUT2D eigenvalue weighted by atomic mass is 9.90. The van der Waals surface area contributed by atoms with Crippen molar-refractivity contribution < 1.29 is 9.90 Å². The van der Waals surface area contributed by atoms with Crippen LogP contribution in [0.25, 0.3) is 11.1 Å². The van der Waals surface area contributed by atoms with Crippen LogP contribution in [-0.4, -0.2) is 16.1 Å². The summed E-state index contributed by atoms with van der Waals surface area (Å²) in [5.74, 6) is -0.413. The minimum Gasteiger partial charge on any atom is -0.478 e. The summed E-state index contributed by atoms with van der Waals surface area (Å²) in [7, 11) is 0. The third-order valence-corrected chi connectivity index (χ3v) is 5.79. The van der Waals surface area contributed by atoms with Crippen LogP contribution in [0.15, 0.2) is 60.9 Å². The van der Waals surface area contributed by atoms with E-state index in [-0.39, 0.29) is 6.04 Å². The van der Waals surface area contributed by atoms with Gasteiger partial charge in [0.1, 0.15) is 0 Å². The second-order valence-electron chi connectivity index (χ2n) is 7.97. The van der Waals surface area contributed by atoms with Crippen LogP contribution in [0.4, 0.5) is 0 Å². The molecule has 0 spiro atoms. The molecule has 0 radical (unpaired) electrons. The number of aromatic nitrogens is 1. The highest BCUT2D eigenvalue weighted by Gasteiger charge is 2.23. The Bertz CT molecular complexity index is 1040. The molecule has 2 heterocycles. The monoisotopic (exact) mass is 386 g/mol. The van der Waals surface area contributed by atoms with Crippen molar-refractivity contribution in [2.24, 2.45) is 0 Å². The van der Waals surface area contributed by atoms with Gasteiger partial charge in [0.15, 0.2) is 0 Å². The van der Waals surface area contributed by atoms with E-state index in [1.54, 1.807) is 12.3 Å². The largest absolute Gasteiger partial charge is 0.478 e. The standard InChI is InChI=1S/C25H26N2O2/c1-16(2)20-5-3-4-6-21(20)17-7-9-22-19(13-17)15-27-24(22)10-8-18-14-26-12-11-23(18)25(28)29/h3-7,9,11-14,16,24,27H,8,10,15H2,1-2H3,(H,28,29)/t24-/m0/s1.